The van der Waals surface area contributed by atoms with Gasteiger partial charge in [-0.25, -0.2) is 0 Å². The average Bonchev–Trinajstić information content (AvgIpc) is 3.11. The fourth-order valence-electron chi connectivity index (χ4n) is 3.86. The van der Waals surface area contributed by atoms with Crippen LogP contribution in [0.3, 0.4) is 0 Å². The number of likely N-dealkylation sites (tertiary alicyclic amines) is 1. The third kappa shape index (κ3) is 4.48. The van der Waals surface area contributed by atoms with E-state index in [-0.39, 0.29) is 5.91 Å². The lowest BCUT2D eigenvalue weighted by atomic mass is 10.2. The van der Waals surface area contributed by atoms with Crippen LogP contribution in [0.25, 0.3) is 0 Å². The predicted octanol–water partition coefficient (Wildman–Crippen LogP) is 1.37. The van der Waals surface area contributed by atoms with Gasteiger partial charge in [0, 0.05) is 45.3 Å². The molecule has 0 saturated carbocycles. The first-order chi connectivity index (χ1) is 12.6. The summed E-state index contributed by atoms with van der Waals surface area (Å²) in [5, 5.41) is 0. The Labute approximate surface area is 157 Å². The van der Waals surface area contributed by atoms with E-state index < -0.39 is 0 Å². The summed E-state index contributed by atoms with van der Waals surface area (Å²) in [5.41, 5.74) is 1.13. The van der Waals surface area contributed by atoms with E-state index in [1.54, 1.807) is 0 Å². The summed E-state index contributed by atoms with van der Waals surface area (Å²) in [4.78, 5) is 21.6. The van der Waals surface area contributed by atoms with Crippen molar-refractivity contribution in [2.24, 2.45) is 0 Å². The zero-order valence-electron chi connectivity index (χ0n) is 16.4. The van der Waals surface area contributed by atoms with Gasteiger partial charge in [-0.1, -0.05) is 12.1 Å². The number of benzene rings is 1. The number of carbonyl (C=O) groups is 1. The number of amides is 1. The van der Waals surface area contributed by atoms with Crippen LogP contribution in [0.15, 0.2) is 24.3 Å². The number of anilines is 1. The number of para-hydroxylation sites is 2. The molecule has 1 aromatic rings. The third-order valence-electron chi connectivity index (χ3n) is 5.47. The Morgan fingerprint density at radius 1 is 1.15 bits per heavy atom. The summed E-state index contributed by atoms with van der Waals surface area (Å²) in [7, 11) is 4.24. The summed E-state index contributed by atoms with van der Waals surface area (Å²) in [6.45, 7) is 8.53. The molecule has 2 saturated heterocycles. The van der Waals surface area contributed by atoms with Gasteiger partial charge < -0.3 is 19.4 Å². The van der Waals surface area contributed by atoms with Crippen molar-refractivity contribution in [3.8, 4) is 5.75 Å². The van der Waals surface area contributed by atoms with Crippen LogP contribution in [0.1, 0.15) is 13.3 Å². The fourth-order valence-corrected chi connectivity index (χ4v) is 3.86. The molecule has 1 amide bonds. The number of carbonyl (C=O) groups excluding carboxylic acids is 1. The number of piperazine rings is 1. The lowest BCUT2D eigenvalue weighted by Gasteiger charge is -2.37. The molecule has 2 aliphatic rings. The maximum absolute atomic E-state index is 12.7. The Hall–Kier alpha value is -1.79. The van der Waals surface area contributed by atoms with Crippen LogP contribution in [0.5, 0.6) is 5.75 Å². The van der Waals surface area contributed by atoms with Crippen LogP contribution in [-0.2, 0) is 4.79 Å². The van der Waals surface area contributed by atoms with Gasteiger partial charge in [0.2, 0.25) is 5.91 Å². The second-order valence-electron chi connectivity index (χ2n) is 7.41. The summed E-state index contributed by atoms with van der Waals surface area (Å²) in [5.74, 6) is 1.20. The van der Waals surface area contributed by atoms with E-state index >= 15 is 0 Å². The first kappa shape index (κ1) is 19.0. The topological polar surface area (TPSA) is 39.3 Å². The highest BCUT2D eigenvalue weighted by atomic mass is 16.5. The SMILES string of the molecule is CCOc1ccccc1N1CCN(C(=O)CN2CCC(N(C)C)C2)CC1. The van der Waals surface area contributed by atoms with Crippen molar-refractivity contribution < 1.29 is 9.53 Å². The van der Waals surface area contributed by atoms with Gasteiger partial charge in [0.15, 0.2) is 0 Å². The molecule has 26 heavy (non-hydrogen) atoms. The number of hydrogen-bond donors (Lipinski definition) is 0. The molecular weight excluding hydrogens is 328 g/mol. The van der Waals surface area contributed by atoms with Crippen LogP contribution < -0.4 is 9.64 Å². The van der Waals surface area contributed by atoms with Gasteiger partial charge >= 0.3 is 0 Å². The van der Waals surface area contributed by atoms with E-state index in [9.17, 15) is 4.79 Å². The second-order valence-corrected chi connectivity index (χ2v) is 7.41. The Bertz CT molecular complexity index is 599. The molecule has 6 nitrogen and oxygen atoms in total. The molecular formula is C20H32N4O2. The molecule has 1 unspecified atom stereocenters. The first-order valence-electron chi connectivity index (χ1n) is 9.71. The van der Waals surface area contributed by atoms with Crippen LogP contribution in [0, 0.1) is 0 Å². The van der Waals surface area contributed by atoms with Crippen LogP contribution in [-0.4, -0.2) is 93.2 Å². The van der Waals surface area contributed by atoms with Crippen molar-refractivity contribution in [1.29, 1.82) is 0 Å². The van der Waals surface area contributed by atoms with Crippen molar-refractivity contribution >= 4 is 11.6 Å². The minimum Gasteiger partial charge on any atom is -0.492 e. The average molecular weight is 361 g/mol. The molecule has 0 aromatic heterocycles. The van der Waals surface area contributed by atoms with Gasteiger partial charge in [-0.3, -0.25) is 9.69 Å². The molecule has 1 aromatic carbocycles. The monoisotopic (exact) mass is 360 g/mol. The number of rotatable bonds is 6. The van der Waals surface area contributed by atoms with E-state index in [1.165, 1.54) is 0 Å². The molecule has 2 aliphatic heterocycles. The molecule has 0 aliphatic carbocycles. The smallest absolute Gasteiger partial charge is 0.236 e. The molecule has 1 atom stereocenters. The second kappa shape index (κ2) is 8.73. The van der Waals surface area contributed by atoms with Gasteiger partial charge in [-0.05, 0) is 39.6 Å². The summed E-state index contributed by atoms with van der Waals surface area (Å²) in [6.07, 6.45) is 1.16. The molecule has 3 rings (SSSR count). The normalized spacial score (nSPS) is 21.5. The van der Waals surface area contributed by atoms with Gasteiger partial charge in [0.1, 0.15) is 5.75 Å². The van der Waals surface area contributed by atoms with Crippen molar-refractivity contribution in [2.45, 2.75) is 19.4 Å². The maximum atomic E-state index is 12.7. The Morgan fingerprint density at radius 2 is 1.88 bits per heavy atom. The number of ether oxygens (including phenoxy) is 1. The fraction of sp³-hybridized carbons (Fsp3) is 0.650. The van der Waals surface area contributed by atoms with Crippen molar-refractivity contribution in [1.82, 2.24) is 14.7 Å². The van der Waals surface area contributed by atoms with E-state index in [4.69, 9.17) is 4.74 Å². The predicted molar refractivity (Wildman–Crippen MR) is 105 cm³/mol. The molecule has 144 valence electrons. The van der Waals surface area contributed by atoms with Crippen LogP contribution in [0.2, 0.25) is 0 Å². The standard InChI is InChI=1S/C20H32N4O2/c1-4-26-19-8-6-5-7-18(19)23-11-13-24(14-12-23)20(25)16-22-10-9-17(15-22)21(2)3/h5-8,17H,4,9-16H2,1-3H3. The highest BCUT2D eigenvalue weighted by Crippen LogP contribution is 2.28. The van der Waals surface area contributed by atoms with Crippen LogP contribution >= 0.6 is 0 Å². The highest BCUT2D eigenvalue weighted by Gasteiger charge is 2.28. The number of hydrogen-bond acceptors (Lipinski definition) is 5. The lowest BCUT2D eigenvalue weighted by Crippen LogP contribution is -2.51. The first-order valence-corrected chi connectivity index (χ1v) is 9.71. The Kier molecular flexibility index (Phi) is 6.38. The highest BCUT2D eigenvalue weighted by molar-refractivity contribution is 5.78. The molecule has 0 spiro atoms. The van der Waals surface area contributed by atoms with Gasteiger partial charge in [0.05, 0.1) is 18.8 Å². The summed E-state index contributed by atoms with van der Waals surface area (Å²) < 4.78 is 5.75. The molecule has 0 bridgehead atoms. The Morgan fingerprint density at radius 3 is 2.54 bits per heavy atom. The van der Waals surface area contributed by atoms with E-state index in [0.717, 1.165) is 57.1 Å². The van der Waals surface area contributed by atoms with Gasteiger partial charge in [0.25, 0.3) is 0 Å². The van der Waals surface area contributed by atoms with E-state index in [2.05, 4.69) is 34.9 Å². The molecule has 0 N–H and O–H groups in total. The third-order valence-corrected chi connectivity index (χ3v) is 5.47. The summed E-state index contributed by atoms with van der Waals surface area (Å²) >= 11 is 0. The molecule has 2 fully saturated rings. The zero-order valence-corrected chi connectivity index (χ0v) is 16.4. The number of likely N-dealkylation sites (N-methyl/N-ethyl adjacent to an activating group) is 1. The van der Waals surface area contributed by atoms with E-state index in [1.807, 2.05) is 30.0 Å². The van der Waals surface area contributed by atoms with Crippen molar-refractivity contribution in [2.75, 3.05) is 71.4 Å². The maximum Gasteiger partial charge on any atom is 0.236 e. The minimum absolute atomic E-state index is 0.266. The molecule has 6 heteroatoms. The van der Waals surface area contributed by atoms with Crippen LogP contribution in [0.4, 0.5) is 5.69 Å². The Balaban J connectivity index is 1.50. The largest absolute Gasteiger partial charge is 0.492 e. The molecule has 0 radical (unpaired) electrons. The number of nitrogens with zero attached hydrogens (tertiary/aromatic N) is 4. The zero-order chi connectivity index (χ0) is 18.5. The van der Waals surface area contributed by atoms with E-state index in [0.29, 0.717) is 19.2 Å². The van der Waals surface area contributed by atoms with Gasteiger partial charge in [-0.15, -0.1) is 0 Å². The summed E-state index contributed by atoms with van der Waals surface area (Å²) in [6, 6.07) is 8.75. The lowest BCUT2D eigenvalue weighted by molar-refractivity contribution is -0.132. The minimum atomic E-state index is 0.266. The quantitative estimate of drug-likeness (QED) is 0.766. The van der Waals surface area contributed by atoms with Crippen molar-refractivity contribution in [3.05, 3.63) is 24.3 Å². The molecule has 2 heterocycles. The van der Waals surface area contributed by atoms with Crippen molar-refractivity contribution in [3.63, 3.8) is 0 Å². The van der Waals surface area contributed by atoms with Gasteiger partial charge in [-0.2, -0.15) is 0 Å².